The molecule has 2 unspecified atom stereocenters. The molecule has 0 saturated carbocycles. The van der Waals surface area contributed by atoms with E-state index in [1.54, 1.807) is 6.92 Å². The molecule has 1 aromatic rings. The van der Waals surface area contributed by atoms with Crippen LogP contribution in [0.2, 0.25) is 0 Å². The first-order valence-electron chi connectivity index (χ1n) is 6.91. The van der Waals surface area contributed by atoms with E-state index in [2.05, 4.69) is 17.6 Å². The third kappa shape index (κ3) is 5.25. The second-order valence-corrected chi connectivity index (χ2v) is 5.04. The van der Waals surface area contributed by atoms with Crippen molar-refractivity contribution < 1.29 is 13.6 Å². The van der Waals surface area contributed by atoms with Crippen molar-refractivity contribution in [2.45, 2.75) is 52.2 Å². The number of hydrogen-bond acceptors (Lipinski definition) is 2. The molecule has 0 spiro atoms. The first kappa shape index (κ1) is 16.6. The van der Waals surface area contributed by atoms with E-state index in [0.717, 1.165) is 18.9 Å². The van der Waals surface area contributed by atoms with Gasteiger partial charge in [0.1, 0.15) is 11.6 Å². The highest BCUT2D eigenvalue weighted by Gasteiger charge is 2.15. The molecule has 112 valence electrons. The number of halogens is 2. The van der Waals surface area contributed by atoms with E-state index in [0.29, 0.717) is 5.56 Å². The summed E-state index contributed by atoms with van der Waals surface area (Å²) in [6.07, 6.45) is 1.93. The number of carbonyl (C=O) groups excluding carboxylic acids is 1. The molecule has 1 amide bonds. The van der Waals surface area contributed by atoms with Gasteiger partial charge in [0, 0.05) is 24.2 Å². The molecule has 3 nitrogen and oxygen atoms in total. The van der Waals surface area contributed by atoms with Crippen molar-refractivity contribution >= 4 is 5.91 Å². The molecule has 0 bridgehead atoms. The number of nitrogens with one attached hydrogen (secondary N) is 2. The topological polar surface area (TPSA) is 41.1 Å². The fourth-order valence-corrected chi connectivity index (χ4v) is 1.89. The van der Waals surface area contributed by atoms with Crippen molar-refractivity contribution in [3.63, 3.8) is 0 Å². The Labute approximate surface area is 118 Å². The zero-order valence-corrected chi connectivity index (χ0v) is 12.2. The maximum Gasteiger partial charge on any atom is 0.237 e. The summed E-state index contributed by atoms with van der Waals surface area (Å²) in [6.45, 7) is 5.91. The predicted molar refractivity (Wildman–Crippen MR) is 75.2 cm³/mol. The molecule has 0 aromatic heterocycles. The smallest absolute Gasteiger partial charge is 0.237 e. The number of benzene rings is 1. The summed E-state index contributed by atoms with van der Waals surface area (Å²) in [7, 11) is 0. The highest BCUT2D eigenvalue weighted by molar-refractivity contribution is 5.81. The molecule has 0 saturated heterocycles. The van der Waals surface area contributed by atoms with Crippen LogP contribution < -0.4 is 10.6 Å². The molecule has 2 atom stereocenters. The van der Waals surface area contributed by atoms with Crippen molar-refractivity contribution in [1.29, 1.82) is 0 Å². The number of hydrogen-bond donors (Lipinski definition) is 2. The van der Waals surface area contributed by atoms with Gasteiger partial charge in [0.2, 0.25) is 5.91 Å². The zero-order chi connectivity index (χ0) is 15.1. The molecule has 0 aliphatic heterocycles. The SMILES string of the molecule is CCCC(C)NC(=O)C(C)NCc1ccc(F)cc1F. The lowest BCUT2D eigenvalue weighted by Gasteiger charge is -2.18. The van der Waals surface area contributed by atoms with Crippen LogP contribution in [0, 0.1) is 11.6 Å². The van der Waals surface area contributed by atoms with Crippen molar-refractivity contribution in [1.82, 2.24) is 10.6 Å². The van der Waals surface area contributed by atoms with Crippen molar-refractivity contribution in [2.75, 3.05) is 0 Å². The molecule has 0 aliphatic rings. The van der Waals surface area contributed by atoms with Gasteiger partial charge >= 0.3 is 0 Å². The van der Waals surface area contributed by atoms with Crippen LogP contribution in [0.4, 0.5) is 8.78 Å². The summed E-state index contributed by atoms with van der Waals surface area (Å²) in [5.74, 6) is -1.33. The highest BCUT2D eigenvalue weighted by atomic mass is 19.1. The molecule has 0 radical (unpaired) electrons. The average molecular weight is 284 g/mol. The van der Waals surface area contributed by atoms with Crippen LogP contribution >= 0.6 is 0 Å². The summed E-state index contributed by atoms with van der Waals surface area (Å²) in [5, 5.41) is 5.82. The van der Waals surface area contributed by atoms with Crippen LogP contribution in [0.3, 0.4) is 0 Å². The molecular formula is C15H22F2N2O. The maximum absolute atomic E-state index is 13.4. The van der Waals surface area contributed by atoms with Crippen molar-refractivity contribution in [3.05, 3.63) is 35.4 Å². The van der Waals surface area contributed by atoms with Gasteiger partial charge in [-0.05, 0) is 26.3 Å². The largest absolute Gasteiger partial charge is 0.352 e. The summed E-state index contributed by atoms with van der Waals surface area (Å²) in [6, 6.07) is 3.11. The Morgan fingerprint density at radius 3 is 2.60 bits per heavy atom. The van der Waals surface area contributed by atoms with Crippen LogP contribution in [0.15, 0.2) is 18.2 Å². The Balaban J connectivity index is 2.46. The molecule has 0 aliphatic carbocycles. The third-order valence-corrected chi connectivity index (χ3v) is 3.12. The Hall–Kier alpha value is -1.49. The standard InChI is InChI=1S/C15H22F2N2O/c1-4-5-10(2)19-15(20)11(3)18-9-12-6-7-13(16)8-14(12)17/h6-8,10-11,18H,4-5,9H2,1-3H3,(H,19,20). The first-order chi connectivity index (χ1) is 9.43. The molecule has 1 aromatic carbocycles. The summed E-state index contributed by atoms with van der Waals surface area (Å²) in [5.41, 5.74) is 0.340. The van der Waals surface area contributed by atoms with Gasteiger partial charge in [0.25, 0.3) is 0 Å². The zero-order valence-electron chi connectivity index (χ0n) is 12.2. The van der Waals surface area contributed by atoms with Crippen LogP contribution in [-0.2, 0) is 11.3 Å². The van der Waals surface area contributed by atoms with Crippen LogP contribution in [0.25, 0.3) is 0 Å². The Bertz CT molecular complexity index is 451. The molecule has 1 rings (SSSR count). The highest BCUT2D eigenvalue weighted by Crippen LogP contribution is 2.09. The number of carbonyl (C=O) groups is 1. The average Bonchev–Trinajstić information content (AvgIpc) is 2.37. The van der Waals surface area contributed by atoms with Crippen molar-refractivity contribution in [3.8, 4) is 0 Å². The van der Waals surface area contributed by atoms with E-state index in [1.807, 2.05) is 6.92 Å². The van der Waals surface area contributed by atoms with E-state index in [4.69, 9.17) is 0 Å². The lowest BCUT2D eigenvalue weighted by atomic mass is 10.1. The normalized spacial score (nSPS) is 13.8. The van der Waals surface area contributed by atoms with Gasteiger partial charge in [-0.1, -0.05) is 19.4 Å². The van der Waals surface area contributed by atoms with E-state index in [9.17, 15) is 13.6 Å². The van der Waals surface area contributed by atoms with Gasteiger partial charge in [-0.15, -0.1) is 0 Å². The number of amides is 1. The lowest BCUT2D eigenvalue weighted by Crippen LogP contribution is -2.45. The third-order valence-electron chi connectivity index (χ3n) is 3.12. The van der Waals surface area contributed by atoms with E-state index in [-0.39, 0.29) is 18.5 Å². The Morgan fingerprint density at radius 1 is 1.30 bits per heavy atom. The fraction of sp³-hybridized carbons (Fsp3) is 0.533. The summed E-state index contributed by atoms with van der Waals surface area (Å²) < 4.78 is 26.2. The van der Waals surface area contributed by atoms with Gasteiger partial charge in [-0.25, -0.2) is 8.78 Å². The van der Waals surface area contributed by atoms with Gasteiger partial charge in [0.05, 0.1) is 6.04 Å². The van der Waals surface area contributed by atoms with Gasteiger partial charge in [-0.3, -0.25) is 4.79 Å². The maximum atomic E-state index is 13.4. The molecule has 2 N–H and O–H groups in total. The number of rotatable bonds is 7. The predicted octanol–water partition coefficient (Wildman–Crippen LogP) is 2.75. The van der Waals surface area contributed by atoms with E-state index >= 15 is 0 Å². The molecule has 0 fully saturated rings. The first-order valence-corrected chi connectivity index (χ1v) is 6.91. The van der Waals surface area contributed by atoms with Gasteiger partial charge in [-0.2, -0.15) is 0 Å². The minimum atomic E-state index is -0.607. The fourth-order valence-electron chi connectivity index (χ4n) is 1.89. The second-order valence-electron chi connectivity index (χ2n) is 5.04. The quantitative estimate of drug-likeness (QED) is 0.808. The molecule has 5 heteroatoms. The summed E-state index contributed by atoms with van der Waals surface area (Å²) in [4.78, 5) is 11.9. The van der Waals surface area contributed by atoms with E-state index < -0.39 is 17.7 Å². The summed E-state index contributed by atoms with van der Waals surface area (Å²) >= 11 is 0. The van der Waals surface area contributed by atoms with Crippen LogP contribution in [0.5, 0.6) is 0 Å². The van der Waals surface area contributed by atoms with Crippen LogP contribution in [-0.4, -0.2) is 18.0 Å². The molecule has 20 heavy (non-hydrogen) atoms. The minimum Gasteiger partial charge on any atom is -0.352 e. The Morgan fingerprint density at radius 2 is 2.00 bits per heavy atom. The van der Waals surface area contributed by atoms with E-state index in [1.165, 1.54) is 12.1 Å². The van der Waals surface area contributed by atoms with Gasteiger partial charge in [0.15, 0.2) is 0 Å². The monoisotopic (exact) mass is 284 g/mol. The lowest BCUT2D eigenvalue weighted by molar-refractivity contribution is -0.123. The van der Waals surface area contributed by atoms with Crippen LogP contribution in [0.1, 0.15) is 39.2 Å². The minimum absolute atomic E-state index is 0.117. The second kappa shape index (κ2) is 7.94. The Kier molecular flexibility index (Phi) is 6.58. The van der Waals surface area contributed by atoms with Crippen molar-refractivity contribution in [2.24, 2.45) is 0 Å². The molecular weight excluding hydrogens is 262 g/mol. The molecule has 0 heterocycles. The van der Waals surface area contributed by atoms with Gasteiger partial charge < -0.3 is 10.6 Å².